The summed E-state index contributed by atoms with van der Waals surface area (Å²) in [5.41, 5.74) is 0. The van der Waals surface area contributed by atoms with Gasteiger partial charge in [-0.15, -0.1) is 0 Å². The second-order valence-electron chi connectivity index (χ2n) is 3.98. The molecule has 11 heteroatoms. The van der Waals surface area contributed by atoms with Crippen molar-refractivity contribution in [3.63, 3.8) is 0 Å². The van der Waals surface area contributed by atoms with Crippen molar-refractivity contribution in [2.45, 2.75) is 6.10 Å². The summed E-state index contributed by atoms with van der Waals surface area (Å²) in [4.78, 5) is 24.0. The van der Waals surface area contributed by atoms with Crippen molar-refractivity contribution in [1.82, 2.24) is 4.90 Å². The molecular formula is C9H19IN2O7P-. The summed E-state index contributed by atoms with van der Waals surface area (Å²) in [6, 6.07) is 0. The van der Waals surface area contributed by atoms with Gasteiger partial charge in [-0.2, -0.15) is 0 Å². The van der Waals surface area contributed by atoms with Crippen molar-refractivity contribution in [2.24, 2.45) is 0 Å². The number of phosphoric acid groups is 1. The van der Waals surface area contributed by atoms with Gasteiger partial charge in [0.05, 0.1) is 13.2 Å². The Hall–Kier alpha value is 0.0300. The fourth-order valence-electron chi connectivity index (χ4n) is 0.880. The molecule has 0 aliphatic rings. The molecule has 0 aliphatic carbocycles. The highest BCUT2D eigenvalue weighted by molar-refractivity contribution is 14.1. The minimum Gasteiger partial charge on any atom is -0.756 e. The molecular weight excluding hydrogens is 406 g/mol. The minimum absolute atomic E-state index is 0.0279. The molecule has 9 nitrogen and oxygen atoms in total. The SMILES string of the molecule is CN(C)CCOP(=O)([O-])OCC(O)COC(=O)CI=N. The molecule has 0 bridgehead atoms. The van der Waals surface area contributed by atoms with Crippen LogP contribution in [0.15, 0.2) is 0 Å². The van der Waals surface area contributed by atoms with Crippen LogP contribution in [0.25, 0.3) is 0 Å². The molecule has 2 atom stereocenters. The Morgan fingerprint density at radius 1 is 1.45 bits per heavy atom. The zero-order valence-electron chi connectivity index (χ0n) is 11.3. The van der Waals surface area contributed by atoms with Crippen LogP contribution in [-0.4, -0.2) is 67.0 Å². The first-order valence-electron chi connectivity index (χ1n) is 5.60. The summed E-state index contributed by atoms with van der Waals surface area (Å²) in [7, 11) is -0.942. The number of phosphoric ester groups is 1. The van der Waals surface area contributed by atoms with Crippen LogP contribution in [0.5, 0.6) is 0 Å². The largest absolute Gasteiger partial charge is 0.756 e. The van der Waals surface area contributed by atoms with Crippen LogP contribution >= 0.6 is 28.9 Å². The van der Waals surface area contributed by atoms with Gasteiger partial charge in [-0.25, -0.2) is 0 Å². The van der Waals surface area contributed by atoms with Gasteiger partial charge in [-0.05, 0) is 35.1 Å². The molecule has 0 saturated carbocycles. The van der Waals surface area contributed by atoms with Crippen molar-refractivity contribution in [2.75, 3.05) is 44.9 Å². The number of nitrogens with zero attached hydrogens (tertiary/aromatic N) is 1. The fourth-order valence-corrected chi connectivity index (χ4v) is 2.15. The van der Waals surface area contributed by atoms with E-state index in [0.29, 0.717) is 6.54 Å². The van der Waals surface area contributed by atoms with Crippen LogP contribution in [-0.2, 0) is 23.1 Å². The number of likely N-dealkylation sites (N-methyl/N-ethyl adjacent to an activating group) is 1. The maximum Gasteiger partial charge on any atom is 0.316 e. The van der Waals surface area contributed by atoms with Crippen molar-refractivity contribution in [3.05, 3.63) is 0 Å². The van der Waals surface area contributed by atoms with Crippen molar-refractivity contribution in [1.29, 1.82) is 3.56 Å². The number of carbonyl (C=O) groups is 1. The molecule has 2 N–H and O–H groups in total. The predicted molar refractivity (Wildman–Crippen MR) is 76.6 cm³/mol. The number of esters is 1. The summed E-state index contributed by atoms with van der Waals surface area (Å²) in [5, 5.41) is 9.38. The van der Waals surface area contributed by atoms with Gasteiger partial charge in [0.15, 0.2) is 0 Å². The third-order valence-electron chi connectivity index (χ3n) is 1.83. The van der Waals surface area contributed by atoms with E-state index < -0.39 is 47.5 Å². The van der Waals surface area contributed by atoms with E-state index in [1.807, 2.05) is 0 Å². The molecule has 120 valence electrons. The lowest BCUT2D eigenvalue weighted by atomic mass is 10.4. The molecule has 0 spiro atoms. The number of aliphatic hydroxyl groups excluding tert-OH is 1. The number of rotatable bonds is 11. The highest BCUT2D eigenvalue weighted by atomic mass is 127. The summed E-state index contributed by atoms with van der Waals surface area (Å²) >= 11 is -0.961. The number of carbonyl (C=O) groups excluding carboxylic acids is 1. The number of ether oxygens (including phenoxy) is 1. The van der Waals surface area contributed by atoms with Gasteiger partial charge in [0.25, 0.3) is 7.82 Å². The average Bonchev–Trinajstić information content (AvgIpc) is 2.33. The number of halogens is 1. The monoisotopic (exact) mass is 425 g/mol. The molecule has 0 amide bonds. The summed E-state index contributed by atoms with van der Waals surface area (Å²) < 4.78 is 31.8. The van der Waals surface area contributed by atoms with E-state index in [1.165, 1.54) is 0 Å². The average molecular weight is 425 g/mol. The van der Waals surface area contributed by atoms with Gasteiger partial charge in [0, 0.05) is 6.54 Å². The highest BCUT2D eigenvalue weighted by Gasteiger charge is 2.14. The zero-order valence-corrected chi connectivity index (χ0v) is 14.3. The van der Waals surface area contributed by atoms with Gasteiger partial charge < -0.3 is 28.7 Å². The molecule has 0 saturated heterocycles. The fraction of sp³-hybridized carbons (Fsp3) is 0.889. The quantitative estimate of drug-likeness (QED) is 0.199. The lowest BCUT2D eigenvalue weighted by Gasteiger charge is -2.24. The molecule has 0 radical (unpaired) electrons. The van der Waals surface area contributed by atoms with Crippen molar-refractivity contribution >= 4 is 34.8 Å². The number of alkyl halides is 1. The Kier molecular flexibility index (Phi) is 10.7. The Bertz CT molecular complexity index is 355. The lowest BCUT2D eigenvalue weighted by Crippen LogP contribution is -2.26. The van der Waals surface area contributed by atoms with E-state index in [9.17, 15) is 19.4 Å². The van der Waals surface area contributed by atoms with Gasteiger partial charge >= 0.3 is 5.97 Å². The number of aliphatic hydroxyl groups is 1. The molecule has 0 aromatic carbocycles. The van der Waals surface area contributed by atoms with E-state index in [1.54, 1.807) is 19.0 Å². The first-order valence-corrected chi connectivity index (χ1v) is 9.66. The maximum absolute atomic E-state index is 11.3. The Labute approximate surface area is 127 Å². The van der Waals surface area contributed by atoms with E-state index in [4.69, 9.17) is 3.56 Å². The van der Waals surface area contributed by atoms with Gasteiger partial charge in [0.1, 0.15) is 17.1 Å². The number of hydrogen-bond acceptors (Lipinski definition) is 9. The Balaban J connectivity index is 3.85. The van der Waals surface area contributed by atoms with Crippen LogP contribution in [0.2, 0.25) is 0 Å². The second-order valence-corrected chi connectivity index (χ2v) is 6.92. The second kappa shape index (κ2) is 10.7. The molecule has 0 aromatic rings. The van der Waals surface area contributed by atoms with Gasteiger partial charge in [-0.3, -0.25) is 12.9 Å². The molecule has 0 fully saturated rings. The Morgan fingerprint density at radius 3 is 2.65 bits per heavy atom. The lowest BCUT2D eigenvalue weighted by molar-refractivity contribution is -0.227. The third-order valence-corrected chi connectivity index (χ3v) is 3.79. The van der Waals surface area contributed by atoms with Crippen LogP contribution in [0.3, 0.4) is 0 Å². The van der Waals surface area contributed by atoms with Crippen molar-refractivity contribution < 1.29 is 33.1 Å². The van der Waals surface area contributed by atoms with E-state index >= 15 is 0 Å². The van der Waals surface area contributed by atoms with E-state index in [-0.39, 0.29) is 17.6 Å². The van der Waals surface area contributed by atoms with E-state index in [2.05, 4.69) is 13.8 Å². The summed E-state index contributed by atoms with van der Waals surface area (Å²) in [6.45, 7) is -0.565. The maximum atomic E-state index is 11.3. The standard InChI is InChI=1S/C9H20IN2O7P/c1-12(2)3-4-18-20(15,16)19-7-8(13)6-17-9(14)5-10-11/h8,11,13H,3-7H2,1-2H3,(H,15,16)/p-1. The normalized spacial score (nSPS) is 15.8. The number of hydrogen-bond donors (Lipinski definition) is 2. The molecule has 20 heavy (non-hydrogen) atoms. The Morgan fingerprint density at radius 2 is 2.10 bits per heavy atom. The summed E-state index contributed by atoms with van der Waals surface area (Å²) in [6.07, 6.45) is -1.26. The van der Waals surface area contributed by atoms with Crippen molar-refractivity contribution in [3.8, 4) is 0 Å². The first-order chi connectivity index (χ1) is 9.26. The van der Waals surface area contributed by atoms with E-state index in [0.717, 1.165) is 0 Å². The van der Waals surface area contributed by atoms with Crippen LogP contribution in [0.4, 0.5) is 0 Å². The smallest absolute Gasteiger partial charge is 0.316 e. The third kappa shape index (κ3) is 11.8. The topological polar surface area (TPSA) is 132 Å². The van der Waals surface area contributed by atoms with Gasteiger partial charge in [-0.1, -0.05) is 0 Å². The molecule has 2 unspecified atom stereocenters. The van der Waals surface area contributed by atoms with Crippen LogP contribution in [0.1, 0.15) is 0 Å². The predicted octanol–water partition coefficient (Wildman–Crippen LogP) is -0.313. The zero-order chi connectivity index (χ0) is 15.6. The highest BCUT2D eigenvalue weighted by Crippen LogP contribution is 2.37. The minimum atomic E-state index is -4.46. The summed E-state index contributed by atoms with van der Waals surface area (Å²) in [5.74, 6) is -0.584. The first kappa shape index (κ1) is 20.0. The number of nitrogens with one attached hydrogen (secondary N) is 1. The molecule has 0 aliphatic heterocycles. The van der Waals surface area contributed by atoms with Crippen LogP contribution in [0, 0.1) is 3.56 Å². The van der Waals surface area contributed by atoms with Gasteiger partial charge in [0.2, 0.25) is 0 Å². The molecule has 0 aromatic heterocycles. The molecule has 0 heterocycles. The molecule has 0 rings (SSSR count). The van der Waals surface area contributed by atoms with Crippen LogP contribution < -0.4 is 4.89 Å².